The number of halogens is 1. The van der Waals surface area contributed by atoms with Crippen molar-refractivity contribution in [2.45, 2.75) is 19.8 Å². The highest BCUT2D eigenvalue weighted by Crippen LogP contribution is 2.19. The van der Waals surface area contributed by atoms with Gasteiger partial charge in [-0.1, -0.05) is 28.1 Å². The van der Waals surface area contributed by atoms with Crippen LogP contribution in [0.25, 0.3) is 0 Å². The van der Waals surface area contributed by atoms with Gasteiger partial charge in [0.1, 0.15) is 0 Å². The highest BCUT2D eigenvalue weighted by Gasteiger charge is 2.15. The molecule has 2 rings (SSSR count). The summed E-state index contributed by atoms with van der Waals surface area (Å²) in [6.45, 7) is 2.17. The highest BCUT2D eigenvalue weighted by atomic mass is 79.9. The van der Waals surface area contributed by atoms with Crippen LogP contribution >= 0.6 is 15.9 Å². The lowest BCUT2D eigenvalue weighted by atomic mass is 10.1. The van der Waals surface area contributed by atoms with E-state index in [-0.39, 0.29) is 25.2 Å². The molecule has 0 unspecified atom stereocenters. The quantitative estimate of drug-likeness (QED) is 0.615. The van der Waals surface area contributed by atoms with Gasteiger partial charge in [-0.2, -0.15) is 0 Å². The van der Waals surface area contributed by atoms with E-state index in [0.29, 0.717) is 30.8 Å². The number of nitrogens with zero attached hydrogens (tertiary/aromatic N) is 1. The third-order valence-electron chi connectivity index (χ3n) is 3.84. The second-order valence-electron chi connectivity index (χ2n) is 5.78. The number of hydrogen-bond donors (Lipinski definition) is 2. The maximum absolute atomic E-state index is 12.6. The molecule has 0 saturated heterocycles. The molecule has 0 spiro atoms. The van der Waals surface area contributed by atoms with E-state index in [9.17, 15) is 14.7 Å². The van der Waals surface area contributed by atoms with Gasteiger partial charge in [0.05, 0.1) is 19.8 Å². The summed E-state index contributed by atoms with van der Waals surface area (Å²) >= 11 is 3.35. The number of aliphatic hydroxyl groups excluding tert-OH is 1. The first kappa shape index (κ1) is 20.9. The number of amides is 2. The largest absolute Gasteiger partial charge is 0.466 e. The highest BCUT2D eigenvalue weighted by molar-refractivity contribution is 9.10. The summed E-state index contributed by atoms with van der Waals surface area (Å²) in [5, 5.41) is 12.1. The van der Waals surface area contributed by atoms with E-state index < -0.39 is 0 Å². The number of rotatable bonds is 8. The average Bonchev–Trinajstić information content (AvgIpc) is 2.67. The molecule has 2 aromatic rings. The molecule has 2 aromatic carbocycles. The van der Waals surface area contributed by atoms with Crippen molar-refractivity contribution in [1.82, 2.24) is 0 Å². The van der Waals surface area contributed by atoms with Crippen molar-refractivity contribution >= 4 is 39.3 Å². The van der Waals surface area contributed by atoms with Gasteiger partial charge in [0, 0.05) is 22.3 Å². The van der Waals surface area contributed by atoms with Gasteiger partial charge < -0.3 is 15.2 Å². The fraction of sp³-hybridized carbons (Fsp3) is 0.300. The molecule has 144 valence electrons. The second kappa shape index (κ2) is 10.7. The zero-order valence-electron chi connectivity index (χ0n) is 15.2. The summed E-state index contributed by atoms with van der Waals surface area (Å²) in [5.74, 6) is -0.225. The van der Waals surface area contributed by atoms with Crippen molar-refractivity contribution in [2.24, 2.45) is 0 Å². The van der Waals surface area contributed by atoms with Gasteiger partial charge in [-0.15, -0.1) is 0 Å². The van der Waals surface area contributed by atoms with Crippen molar-refractivity contribution in [3.05, 3.63) is 58.6 Å². The third-order valence-corrected chi connectivity index (χ3v) is 4.36. The number of carbonyl (C=O) groups is 2. The lowest BCUT2D eigenvalue weighted by molar-refractivity contribution is -0.143. The van der Waals surface area contributed by atoms with Gasteiger partial charge in [-0.05, 0) is 55.3 Å². The molecule has 0 aliphatic heterocycles. The standard InChI is InChI=1S/C20H23BrN2O4/c1-2-27-19(25)12-5-15-3-10-18(11-4-15)23(13-14-24)20(26)22-17-8-6-16(21)7-9-17/h3-4,6-11,24H,2,5,12-14H2,1H3,(H,22,26). The fourth-order valence-electron chi connectivity index (χ4n) is 2.49. The SMILES string of the molecule is CCOC(=O)CCc1ccc(N(CCO)C(=O)Nc2ccc(Br)cc2)cc1. The van der Waals surface area contributed by atoms with Crippen LogP contribution in [-0.4, -0.2) is 36.9 Å². The molecule has 0 heterocycles. The van der Waals surface area contributed by atoms with Gasteiger partial charge in [0.2, 0.25) is 0 Å². The van der Waals surface area contributed by atoms with Crippen LogP contribution in [0.5, 0.6) is 0 Å². The first-order chi connectivity index (χ1) is 13.0. The van der Waals surface area contributed by atoms with Crippen LogP contribution < -0.4 is 10.2 Å². The summed E-state index contributed by atoms with van der Waals surface area (Å²) in [7, 11) is 0. The van der Waals surface area contributed by atoms with Gasteiger partial charge in [-0.25, -0.2) is 4.79 Å². The van der Waals surface area contributed by atoms with Gasteiger partial charge in [0.15, 0.2) is 0 Å². The number of ether oxygens (including phenoxy) is 1. The maximum atomic E-state index is 12.6. The Hall–Kier alpha value is -2.38. The molecule has 0 atom stereocenters. The van der Waals surface area contributed by atoms with Crippen LogP contribution in [0.2, 0.25) is 0 Å². The summed E-state index contributed by atoms with van der Waals surface area (Å²) in [5.41, 5.74) is 2.31. The average molecular weight is 435 g/mol. The van der Waals surface area contributed by atoms with E-state index in [4.69, 9.17) is 4.74 Å². The Kier molecular flexibility index (Phi) is 8.29. The Morgan fingerprint density at radius 1 is 1.11 bits per heavy atom. The molecule has 2 N–H and O–H groups in total. The minimum Gasteiger partial charge on any atom is -0.466 e. The number of anilines is 2. The molecular formula is C20H23BrN2O4. The Bertz CT molecular complexity index is 748. The van der Waals surface area contributed by atoms with Crippen molar-refractivity contribution < 1.29 is 19.4 Å². The normalized spacial score (nSPS) is 10.3. The van der Waals surface area contributed by atoms with Crippen LogP contribution in [0.3, 0.4) is 0 Å². The van der Waals surface area contributed by atoms with E-state index in [1.807, 2.05) is 24.3 Å². The predicted octanol–water partition coefficient (Wildman–Crippen LogP) is 3.98. The molecule has 27 heavy (non-hydrogen) atoms. The topological polar surface area (TPSA) is 78.9 Å². The lowest BCUT2D eigenvalue weighted by Gasteiger charge is -2.22. The van der Waals surface area contributed by atoms with Crippen LogP contribution in [-0.2, 0) is 16.0 Å². The minimum atomic E-state index is -0.328. The number of hydrogen-bond acceptors (Lipinski definition) is 4. The third kappa shape index (κ3) is 6.69. The number of urea groups is 1. The fourth-order valence-corrected chi connectivity index (χ4v) is 2.76. The molecule has 0 radical (unpaired) electrons. The zero-order valence-corrected chi connectivity index (χ0v) is 16.7. The van der Waals surface area contributed by atoms with Crippen molar-refractivity contribution in [1.29, 1.82) is 0 Å². The predicted molar refractivity (Wildman–Crippen MR) is 109 cm³/mol. The number of carbonyl (C=O) groups excluding carboxylic acids is 2. The number of nitrogens with one attached hydrogen (secondary N) is 1. The monoisotopic (exact) mass is 434 g/mol. The molecule has 0 bridgehead atoms. The molecule has 6 nitrogen and oxygen atoms in total. The smallest absolute Gasteiger partial charge is 0.326 e. The van der Waals surface area contributed by atoms with Crippen molar-refractivity contribution in [3.8, 4) is 0 Å². The molecule has 0 aromatic heterocycles. The molecule has 7 heteroatoms. The Morgan fingerprint density at radius 3 is 2.37 bits per heavy atom. The summed E-state index contributed by atoms with van der Waals surface area (Å²) in [4.78, 5) is 25.5. The van der Waals surface area contributed by atoms with Gasteiger partial charge >= 0.3 is 12.0 Å². The van der Waals surface area contributed by atoms with E-state index in [1.54, 1.807) is 31.2 Å². The maximum Gasteiger partial charge on any atom is 0.326 e. The Labute approximate surface area is 167 Å². The molecule has 0 saturated carbocycles. The first-order valence-corrected chi connectivity index (χ1v) is 9.52. The number of aliphatic hydroxyl groups is 1. The number of esters is 1. The summed E-state index contributed by atoms with van der Waals surface area (Å²) < 4.78 is 5.84. The van der Waals surface area contributed by atoms with Crippen LogP contribution in [0, 0.1) is 0 Å². The summed E-state index contributed by atoms with van der Waals surface area (Å²) in [6.07, 6.45) is 0.891. The van der Waals surface area contributed by atoms with Gasteiger partial charge in [0.25, 0.3) is 0 Å². The number of aryl methyl sites for hydroxylation is 1. The minimum absolute atomic E-state index is 0.154. The molecule has 0 aliphatic rings. The molecule has 0 fully saturated rings. The first-order valence-electron chi connectivity index (χ1n) is 8.73. The lowest BCUT2D eigenvalue weighted by Crippen LogP contribution is -2.37. The van der Waals surface area contributed by atoms with Gasteiger partial charge in [-0.3, -0.25) is 9.69 Å². The van der Waals surface area contributed by atoms with Crippen LogP contribution in [0.15, 0.2) is 53.0 Å². The van der Waals surface area contributed by atoms with E-state index in [2.05, 4.69) is 21.2 Å². The Balaban J connectivity index is 2.03. The molecule has 0 aliphatic carbocycles. The molecule has 2 amide bonds. The van der Waals surface area contributed by atoms with E-state index in [1.165, 1.54) is 4.90 Å². The second-order valence-corrected chi connectivity index (χ2v) is 6.70. The van der Waals surface area contributed by atoms with Crippen molar-refractivity contribution in [2.75, 3.05) is 30.0 Å². The summed E-state index contributed by atoms with van der Waals surface area (Å²) in [6, 6.07) is 14.3. The Morgan fingerprint density at radius 2 is 1.78 bits per heavy atom. The van der Waals surface area contributed by atoms with E-state index in [0.717, 1.165) is 10.0 Å². The van der Waals surface area contributed by atoms with Crippen molar-refractivity contribution in [3.63, 3.8) is 0 Å². The van der Waals surface area contributed by atoms with Crippen LogP contribution in [0.4, 0.5) is 16.2 Å². The molecular weight excluding hydrogens is 412 g/mol. The van der Waals surface area contributed by atoms with Crippen LogP contribution in [0.1, 0.15) is 18.9 Å². The number of benzene rings is 2. The zero-order chi connectivity index (χ0) is 19.6. The van der Waals surface area contributed by atoms with E-state index >= 15 is 0 Å².